The Labute approximate surface area is 202 Å². The predicted molar refractivity (Wildman–Crippen MR) is 131 cm³/mol. The molecule has 1 aliphatic rings. The van der Waals surface area contributed by atoms with Crippen molar-refractivity contribution in [2.75, 3.05) is 10.7 Å². The molecular formula is C26H24ClFN2O2S. The fourth-order valence-electron chi connectivity index (χ4n) is 3.74. The minimum Gasteiger partial charge on any atom is -0.350 e. The van der Waals surface area contributed by atoms with Crippen molar-refractivity contribution in [1.82, 2.24) is 5.32 Å². The third-order valence-electron chi connectivity index (χ3n) is 5.59. The third kappa shape index (κ3) is 5.75. The van der Waals surface area contributed by atoms with E-state index in [0.717, 1.165) is 17.7 Å². The van der Waals surface area contributed by atoms with Gasteiger partial charge in [0.2, 0.25) is 5.91 Å². The highest BCUT2D eigenvalue weighted by Gasteiger charge is 2.27. The number of anilines is 1. The molecule has 170 valence electrons. The Morgan fingerprint density at radius 3 is 2.70 bits per heavy atom. The second kappa shape index (κ2) is 10.4. The first kappa shape index (κ1) is 23.3. The number of halogens is 2. The minimum absolute atomic E-state index is 0.00105. The van der Waals surface area contributed by atoms with Crippen LogP contribution in [0.1, 0.15) is 34.8 Å². The van der Waals surface area contributed by atoms with Crippen LogP contribution in [0.4, 0.5) is 10.1 Å². The first-order chi connectivity index (χ1) is 15.9. The lowest BCUT2D eigenvalue weighted by Gasteiger charge is -2.30. The van der Waals surface area contributed by atoms with Gasteiger partial charge in [0, 0.05) is 21.5 Å². The number of aryl methyl sites for hydroxylation is 1. The average Bonchev–Trinajstić information content (AvgIpc) is 2.81. The van der Waals surface area contributed by atoms with Crippen LogP contribution in [0, 0.1) is 5.82 Å². The molecule has 1 aliphatic heterocycles. The molecule has 0 fully saturated rings. The summed E-state index contributed by atoms with van der Waals surface area (Å²) in [5.74, 6) is -0.388. The predicted octanol–water partition coefficient (Wildman–Crippen LogP) is 5.87. The zero-order chi connectivity index (χ0) is 23.4. The minimum atomic E-state index is -0.426. The van der Waals surface area contributed by atoms with E-state index in [0.29, 0.717) is 22.6 Å². The molecule has 1 N–H and O–H groups in total. The monoisotopic (exact) mass is 482 g/mol. The summed E-state index contributed by atoms with van der Waals surface area (Å²) in [6.07, 6.45) is 1.70. The topological polar surface area (TPSA) is 49.4 Å². The van der Waals surface area contributed by atoms with Crippen LogP contribution >= 0.6 is 23.4 Å². The number of thioether (sulfide) groups is 1. The molecule has 0 aromatic heterocycles. The van der Waals surface area contributed by atoms with Gasteiger partial charge in [0.25, 0.3) is 5.91 Å². The number of rotatable bonds is 7. The second-order valence-corrected chi connectivity index (χ2v) is 9.51. The van der Waals surface area contributed by atoms with Gasteiger partial charge in [-0.25, -0.2) is 4.39 Å². The normalized spacial score (nSPS) is 14.0. The molecule has 33 heavy (non-hydrogen) atoms. The van der Waals surface area contributed by atoms with E-state index < -0.39 is 5.82 Å². The number of hydrogen-bond donors (Lipinski definition) is 1. The Morgan fingerprint density at radius 2 is 1.94 bits per heavy atom. The van der Waals surface area contributed by atoms with Crippen molar-refractivity contribution in [3.8, 4) is 0 Å². The molecule has 0 saturated heterocycles. The highest BCUT2D eigenvalue weighted by Crippen LogP contribution is 2.37. The molecule has 1 heterocycles. The van der Waals surface area contributed by atoms with Crippen molar-refractivity contribution in [3.63, 3.8) is 0 Å². The van der Waals surface area contributed by atoms with E-state index in [1.165, 1.54) is 29.5 Å². The van der Waals surface area contributed by atoms with E-state index in [9.17, 15) is 14.0 Å². The Kier molecular flexibility index (Phi) is 7.36. The van der Waals surface area contributed by atoms with E-state index in [4.69, 9.17) is 11.6 Å². The smallest absolute Gasteiger partial charge is 0.251 e. The van der Waals surface area contributed by atoms with Crippen LogP contribution in [0.15, 0.2) is 71.6 Å². The maximum Gasteiger partial charge on any atom is 0.251 e. The van der Waals surface area contributed by atoms with Gasteiger partial charge in [-0.1, -0.05) is 48.0 Å². The fraction of sp³-hybridized carbons (Fsp3) is 0.231. The summed E-state index contributed by atoms with van der Waals surface area (Å²) >= 11 is 7.63. The number of carbonyl (C=O) groups excluding carboxylic acids is 2. The summed E-state index contributed by atoms with van der Waals surface area (Å²) in [6, 6.07) is 19.7. The molecule has 4 rings (SSSR count). The summed E-state index contributed by atoms with van der Waals surface area (Å²) in [7, 11) is 0. The lowest BCUT2D eigenvalue weighted by atomic mass is 10.1. The second-order valence-electron chi connectivity index (χ2n) is 8.09. The number of hydrogen-bond acceptors (Lipinski definition) is 3. The standard InChI is InChI=1S/C26H24ClFN2O2S/c1-17(7-8-18-5-3-2-4-6-18)29-26(32)19-10-12-24-23(13-19)30(25(31)16-33-24)15-20-9-11-21(28)14-22(20)27/h2-6,9-14,17H,7-8,15-16H2,1H3,(H,29,32)/t17-/m0/s1. The van der Waals surface area contributed by atoms with E-state index in [-0.39, 0.29) is 29.4 Å². The molecule has 0 aliphatic carbocycles. The molecule has 0 unspecified atom stereocenters. The van der Waals surface area contributed by atoms with Crippen LogP contribution in [0.25, 0.3) is 0 Å². The van der Waals surface area contributed by atoms with Crippen molar-refractivity contribution in [2.45, 2.75) is 37.2 Å². The lowest BCUT2D eigenvalue weighted by molar-refractivity contribution is -0.116. The number of carbonyl (C=O) groups is 2. The maximum atomic E-state index is 13.4. The molecule has 1 atom stereocenters. The Hall–Kier alpha value is -2.83. The summed E-state index contributed by atoms with van der Waals surface area (Å²) in [5, 5.41) is 3.32. The van der Waals surface area contributed by atoms with Crippen molar-refractivity contribution in [2.24, 2.45) is 0 Å². The van der Waals surface area contributed by atoms with E-state index in [1.807, 2.05) is 31.2 Å². The fourth-order valence-corrected chi connectivity index (χ4v) is 4.89. The van der Waals surface area contributed by atoms with Crippen molar-refractivity contribution >= 4 is 40.9 Å². The molecule has 0 spiro atoms. The molecule has 0 radical (unpaired) electrons. The van der Waals surface area contributed by atoms with Crippen molar-refractivity contribution in [3.05, 3.63) is 94.3 Å². The highest BCUT2D eigenvalue weighted by atomic mass is 35.5. The van der Waals surface area contributed by atoms with Gasteiger partial charge in [-0.3, -0.25) is 9.59 Å². The third-order valence-corrected chi connectivity index (χ3v) is 6.99. The number of benzene rings is 3. The molecule has 3 aromatic rings. The van der Waals surface area contributed by atoms with Crippen molar-refractivity contribution in [1.29, 1.82) is 0 Å². The Bertz CT molecular complexity index is 1170. The van der Waals surface area contributed by atoms with Crippen LogP contribution < -0.4 is 10.2 Å². The molecule has 2 amide bonds. The van der Waals surface area contributed by atoms with Crippen LogP contribution in [0.5, 0.6) is 0 Å². The quantitative estimate of drug-likeness (QED) is 0.458. The van der Waals surface area contributed by atoms with Crippen LogP contribution in [0.3, 0.4) is 0 Å². The summed E-state index contributed by atoms with van der Waals surface area (Å²) in [5.41, 5.74) is 3.04. The number of fused-ring (bicyclic) bond motifs is 1. The SMILES string of the molecule is C[C@@H](CCc1ccccc1)NC(=O)c1ccc2c(c1)N(Cc1ccc(F)cc1Cl)C(=O)CS2. The van der Waals surface area contributed by atoms with Crippen LogP contribution in [-0.2, 0) is 17.8 Å². The van der Waals surface area contributed by atoms with Gasteiger partial charge in [0.05, 0.1) is 18.0 Å². The van der Waals surface area contributed by atoms with Gasteiger partial charge in [0.1, 0.15) is 5.82 Å². The van der Waals surface area contributed by atoms with Gasteiger partial charge < -0.3 is 10.2 Å². The molecule has 7 heteroatoms. The molecule has 0 saturated carbocycles. The highest BCUT2D eigenvalue weighted by molar-refractivity contribution is 8.00. The molecule has 0 bridgehead atoms. The van der Waals surface area contributed by atoms with Crippen molar-refractivity contribution < 1.29 is 14.0 Å². The lowest BCUT2D eigenvalue weighted by Crippen LogP contribution is -2.36. The average molecular weight is 483 g/mol. The van der Waals surface area contributed by atoms with Gasteiger partial charge in [0.15, 0.2) is 0 Å². The molecule has 3 aromatic carbocycles. The number of amides is 2. The molecule has 4 nitrogen and oxygen atoms in total. The van der Waals surface area contributed by atoms with Crippen LogP contribution in [0.2, 0.25) is 5.02 Å². The maximum absolute atomic E-state index is 13.4. The largest absolute Gasteiger partial charge is 0.350 e. The summed E-state index contributed by atoms with van der Waals surface area (Å²) < 4.78 is 13.4. The first-order valence-corrected chi connectivity index (χ1v) is 12.1. The van der Waals surface area contributed by atoms with Gasteiger partial charge in [-0.05, 0) is 61.2 Å². The van der Waals surface area contributed by atoms with Gasteiger partial charge in [-0.15, -0.1) is 11.8 Å². The van der Waals surface area contributed by atoms with Crippen LogP contribution in [-0.4, -0.2) is 23.6 Å². The number of nitrogens with one attached hydrogen (secondary N) is 1. The Morgan fingerprint density at radius 1 is 1.15 bits per heavy atom. The zero-order valence-electron chi connectivity index (χ0n) is 18.2. The van der Waals surface area contributed by atoms with Gasteiger partial charge in [-0.2, -0.15) is 0 Å². The summed E-state index contributed by atoms with van der Waals surface area (Å²) in [4.78, 5) is 28.1. The zero-order valence-corrected chi connectivity index (χ0v) is 19.8. The van der Waals surface area contributed by atoms with Gasteiger partial charge >= 0.3 is 0 Å². The molecular weight excluding hydrogens is 459 g/mol. The van der Waals surface area contributed by atoms with E-state index in [1.54, 1.807) is 23.1 Å². The van der Waals surface area contributed by atoms with E-state index >= 15 is 0 Å². The first-order valence-electron chi connectivity index (χ1n) is 10.8. The van der Waals surface area contributed by atoms with E-state index in [2.05, 4.69) is 17.4 Å². The summed E-state index contributed by atoms with van der Waals surface area (Å²) in [6.45, 7) is 2.20. The number of nitrogens with zero attached hydrogens (tertiary/aromatic N) is 1. The Balaban J connectivity index is 1.48.